The van der Waals surface area contributed by atoms with Crippen molar-refractivity contribution in [1.29, 1.82) is 0 Å². The number of hydrogen-bond donors (Lipinski definition) is 0. The van der Waals surface area contributed by atoms with Crippen LogP contribution in [0.15, 0.2) is 18.2 Å². The Kier molecular flexibility index (Phi) is 4.81. The van der Waals surface area contributed by atoms with Crippen molar-refractivity contribution in [3.8, 4) is 0 Å². The number of benzene rings is 1. The van der Waals surface area contributed by atoms with Crippen molar-refractivity contribution in [1.82, 2.24) is 0 Å². The minimum atomic E-state index is -4.38. The van der Waals surface area contributed by atoms with E-state index >= 15 is 0 Å². The molecule has 1 heterocycles. The molecule has 0 saturated carbocycles. The van der Waals surface area contributed by atoms with E-state index in [0.717, 1.165) is 12.5 Å². The number of nitrogens with zero attached hydrogens (tertiary/aromatic N) is 1. The lowest BCUT2D eigenvalue weighted by Crippen LogP contribution is -2.32. The summed E-state index contributed by atoms with van der Waals surface area (Å²) in [5.41, 5.74) is 0.0651. The van der Waals surface area contributed by atoms with E-state index in [2.05, 4.69) is 0 Å². The standard InChI is InChI=1S/C14H17ClF3NO/c1-10-9-19(5-2-6-20-10)13-4-3-11(8-15)7-12(13)14(16,17)18/h3-4,7,10H,2,5-6,8-9H2,1H3. The minimum absolute atomic E-state index is 0.0723. The Labute approximate surface area is 121 Å². The van der Waals surface area contributed by atoms with Crippen molar-refractivity contribution in [2.24, 2.45) is 0 Å². The first kappa shape index (κ1) is 15.4. The second-order valence-electron chi connectivity index (χ2n) is 4.96. The average molecular weight is 308 g/mol. The Morgan fingerprint density at radius 2 is 2.15 bits per heavy atom. The van der Waals surface area contributed by atoms with Gasteiger partial charge in [-0.25, -0.2) is 0 Å². The van der Waals surface area contributed by atoms with Gasteiger partial charge in [0.1, 0.15) is 0 Å². The summed E-state index contributed by atoms with van der Waals surface area (Å²) in [6.07, 6.45) is -3.74. The second-order valence-corrected chi connectivity index (χ2v) is 5.23. The molecule has 0 amide bonds. The summed E-state index contributed by atoms with van der Waals surface area (Å²) < 4.78 is 45.1. The van der Waals surface area contributed by atoms with Gasteiger partial charge >= 0.3 is 6.18 Å². The Morgan fingerprint density at radius 3 is 2.80 bits per heavy atom. The maximum absolute atomic E-state index is 13.2. The molecular formula is C14H17ClF3NO. The van der Waals surface area contributed by atoms with E-state index in [1.165, 1.54) is 6.07 Å². The van der Waals surface area contributed by atoms with Crippen molar-refractivity contribution in [2.75, 3.05) is 24.6 Å². The Balaban J connectivity index is 2.39. The summed E-state index contributed by atoms with van der Waals surface area (Å²) >= 11 is 5.64. The molecule has 0 radical (unpaired) electrons. The normalized spacial score (nSPS) is 20.9. The highest BCUT2D eigenvalue weighted by atomic mass is 35.5. The Morgan fingerprint density at radius 1 is 1.40 bits per heavy atom. The van der Waals surface area contributed by atoms with Crippen molar-refractivity contribution >= 4 is 17.3 Å². The quantitative estimate of drug-likeness (QED) is 0.764. The lowest BCUT2D eigenvalue weighted by molar-refractivity contribution is -0.137. The van der Waals surface area contributed by atoms with E-state index in [9.17, 15) is 13.2 Å². The second kappa shape index (κ2) is 6.22. The largest absolute Gasteiger partial charge is 0.418 e. The van der Waals surface area contributed by atoms with E-state index in [-0.39, 0.29) is 17.7 Å². The maximum atomic E-state index is 13.2. The van der Waals surface area contributed by atoms with E-state index in [0.29, 0.717) is 25.3 Å². The van der Waals surface area contributed by atoms with Gasteiger partial charge in [-0.2, -0.15) is 13.2 Å². The molecule has 1 fully saturated rings. The van der Waals surface area contributed by atoms with E-state index in [1.54, 1.807) is 11.0 Å². The van der Waals surface area contributed by atoms with E-state index < -0.39 is 11.7 Å². The molecule has 112 valence electrons. The first-order valence-corrected chi connectivity index (χ1v) is 7.08. The zero-order valence-electron chi connectivity index (χ0n) is 11.2. The topological polar surface area (TPSA) is 12.5 Å². The van der Waals surface area contributed by atoms with Crippen molar-refractivity contribution in [3.63, 3.8) is 0 Å². The van der Waals surface area contributed by atoms with Crippen LogP contribution in [-0.4, -0.2) is 25.8 Å². The molecule has 6 heteroatoms. The van der Waals surface area contributed by atoms with Crippen LogP contribution in [0.2, 0.25) is 0 Å². The first-order valence-electron chi connectivity index (χ1n) is 6.54. The number of rotatable bonds is 2. The highest BCUT2D eigenvalue weighted by Crippen LogP contribution is 2.38. The number of hydrogen-bond acceptors (Lipinski definition) is 2. The SMILES string of the molecule is CC1CN(c2ccc(CCl)cc2C(F)(F)F)CCCO1. The molecule has 0 aliphatic carbocycles. The van der Waals surface area contributed by atoms with Crippen molar-refractivity contribution in [3.05, 3.63) is 29.3 Å². The van der Waals surface area contributed by atoms with Gasteiger partial charge in [0.2, 0.25) is 0 Å². The molecule has 1 aromatic carbocycles. The molecule has 1 saturated heterocycles. The molecule has 1 atom stereocenters. The fraction of sp³-hybridized carbons (Fsp3) is 0.571. The summed E-state index contributed by atoms with van der Waals surface area (Å²) in [6, 6.07) is 4.30. The molecule has 1 unspecified atom stereocenters. The van der Waals surface area contributed by atoms with Crippen LogP contribution < -0.4 is 4.90 Å². The van der Waals surface area contributed by atoms with Crippen LogP contribution in [0.1, 0.15) is 24.5 Å². The van der Waals surface area contributed by atoms with Crippen LogP contribution in [0.25, 0.3) is 0 Å². The number of anilines is 1. The summed E-state index contributed by atoms with van der Waals surface area (Å²) in [6.45, 7) is 3.48. The van der Waals surface area contributed by atoms with Gasteiger partial charge in [-0.1, -0.05) is 6.07 Å². The minimum Gasteiger partial charge on any atom is -0.377 e. The molecule has 0 bridgehead atoms. The molecule has 0 aromatic heterocycles. The van der Waals surface area contributed by atoms with Gasteiger partial charge in [0.25, 0.3) is 0 Å². The zero-order chi connectivity index (χ0) is 14.8. The van der Waals surface area contributed by atoms with Crippen LogP contribution in [0.5, 0.6) is 0 Å². The van der Waals surface area contributed by atoms with Gasteiger partial charge in [0, 0.05) is 31.3 Å². The van der Waals surface area contributed by atoms with Crippen LogP contribution in [0.4, 0.5) is 18.9 Å². The Hall–Kier alpha value is -0.940. The summed E-state index contributed by atoms with van der Waals surface area (Å²) in [5.74, 6) is 0.0723. The third kappa shape index (κ3) is 3.58. The molecule has 1 aliphatic heterocycles. The van der Waals surface area contributed by atoms with Gasteiger partial charge in [-0.15, -0.1) is 11.6 Å². The van der Waals surface area contributed by atoms with Gasteiger partial charge in [0.05, 0.1) is 11.7 Å². The van der Waals surface area contributed by atoms with Gasteiger partial charge in [-0.05, 0) is 31.0 Å². The maximum Gasteiger partial charge on any atom is 0.418 e. The number of alkyl halides is 4. The molecule has 1 aromatic rings. The summed E-state index contributed by atoms with van der Waals surface area (Å²) in [7, 11) is 0. The number of halogens is 4. The third-order valence-electron chi connectivity index (χ3n) is 3.31. The monoisotopic (exact) mass is 307 g/mol. The molecular weight excluding hydrogens is 291 g/mol. The Bertz CT molecular complexity index is 464. The lowest BCUT2D eigenvalue weighted by atomic mass is 10.1. The molecule has 0 N–H and O–H groups in total. The predicted octanol–water partition coefficient (Wildman–Crippen LogP) is 4.06. The smallest absolute Gasteiger partial charge is 0.377 e. The van der Waals surface area contributed by atoms with Crippen molar-refractivity contribution in [2.45, 2.75) is 31.5 Å². The van der Waals surface area contributed by atoms with Crippen LogP contribution >= 0.6 is 11.6 Å². The molecule has 1 aliphatic rings. The predicted molar refractivity (Wildman–Crippen MR) is 73.2 cm³/mol. The highest BCUT2D eigenvalue weighted by molar-refractivity contribution is 6.17. The summed E-state index contributed by atoms with van der Waals surface area (Å²) in [4.78, 5) is 1.75. The van der Waals surface area contributed by atoms with Crippen molar-refractivity contribution < 1.29 is 17.9 Å². The molecule has 20 heavy (non-hydrogen) atoms. The lowest BCUT2D eigenvalue weighted by Gasteiger charge is -2.27. The molecule has 2 rings (SSSR count). The first-order chi connectivity index (χ1) is 9.41. The summed E-state index contributed by atoms with van der Waals surface area (Å²) in [5, 5.41) is 0. The fourth-order valence-electron chi connectivity index (χ4n) is 2.38. The molecule has 2 nitrogen and oxygen atoms in total. The van der Waals surface area contributed by atoms with Crippen LogP contribution in [0.3, 0.4) is 0 Å². The fourth-order valence-corrected chi connectivity index (χ4v) is 2.55. The van der Waals surface area contributed by atoms with Crippen LogP contribution in [-0.2, 0) is 16.8 Å². The molecule has 0 spiro atoms. The number of ether oxygens (including phenoxy) is 1. The van der Waals surface area contributed by atoms with Gasteiger partial charge in [-0.3, -0.25) is 0 Å². The van der Waals surface area contributed by atoms with E-state index in [4.69, 9.17) is 16.3 Å². The average Bonchev–Trinajstić information content (AvgIpc) is 2.61. The van der Waals surface area contributed by atoms with Gasteiger partial charge in [0.15, 0.2) is 0 Å². The third-order valence-corrected chi connectivity index (χ3v) is 3.62. The highest BCUT2D eigenvalue weighted by Gasteiger charge is 2.35. The van der Waals surface area contributed by atoms with E-state index in [1.807, 2.05) is 6.92 Å². The zero-order valence-corrected chi connectivity index (χ0v) is 12.0. The van der Waals surface area contributed by atoms with Crippen LogP contribution in [0, 0.1) is 0 Å². The van der Waals surface area contributed by atoms with Gasteiger partial charge < -0.3 is 9.64 Å².